The van der Waals surface area contributed by atoms with Crippen molar-refractivity contribution >= 4 is 16.8 Å². The van der Waals surface area contributed by atoms with Crippen molar-refractivity contribution in [2.75, 3.05) is 12.9 Å². The molecule has 1 rings (SSSR count). The molecule has 88 valence electrons. The molecule has 0 saturated heterocycles. The van der Waals surface area contributed by atoms with Crippen LogP contribution in [0.4, 0.5) is 0 Å². The predicted molar refractivity (Wildman–Crippen MR) is 64.5 cm³/mol. The van der Waals surface area contributed by atoms with Gasteiger partial charge in [-0.15, -0.1) is 0 Å². The highest BCUT2D eigenvalue weighted by Gasteiger charge is 2.09. The van der Waals surface area contributed by atoms with Crippen LogP contribution in [0.25, 0.3) is 0 Å². The molecule has 0 N–H and O–H groups in total. The summed E-state index contributed by atoms with van der Waals surface area (Å²) in [4.78, 5) is 11.2. The summed E-state index contributed by atoms with van der Waals surface area (Å²) in [7, 11) is 0.513. The van der Waals surface area contributed by atoms with Gasteiger partial charge in [-0.1, -0.05) is 31.2 Å². The molecule has 0 saturated carbocycles. The van der Waals surface area contributed by atoms with Crippen LogP contribution in [0, 0.1) is 0 Å². The molecule has 3 nitrogen and oxygen atoms in total. The summed E-state index contributed by atoms with van der Waals surface area (Å²) < 4.78 is 16.1. The van der Waals surface area contributed by atoms with Crippen LogP contribution in [0.5, 0.6) is 0 Å². The van der Waals surface area contributed by atoms with Crippen molar-refractivity contribution in [1.82, 2.24) is 0 Å². The van der Waals surface area contributed by atoms with Crippen molar-refractivity contribution in [3.8, 4) is 0 Å². The SMILES string of the molecule is CCS(=O)Cc1ccccc1CC(=O)OC. The summed E-state index contributed by atoms with van der Waals surface area (Å²) in [5.41, 5.74) is 1.87. The van der Waals surface area contributed by atoms with Crippen molar-refractivity contribution in [3.05, 3.63) is 35.4 Å². The van der Waals surface area contributed by atoms with Crippen LogP contribution in [-0.4, -0.2) is 23.0 Å². The predicted octanol–water partition coefficient (Wildman–Crippen LogP) is 1.67. The Kier molecular flexibility index (Phi) is 5.19. The topological polar surface area (TPSA) is 43.4 Å². The summed E-state index contributed by atoms with van der Waals surface area (Å²) in [5, 5.41) is 0. The van der Waals surface area contributed by atoms with Gasteiger partial charge >= 0.3 is 5.97 Å². The lowest BCUT2D eigenvalue weighted by Crippen LogP contribution is -2.08. The second-order valence-electron chi connectivity index (χ2n) is 3.39. The maximum Gasteiger partial charge on any atom is 0.309 e. The highest BCUT2D eigenvalue weighted by Crippen LogP contribution is 2.12. The molecule has 0 heterocycles. The number of benzene rings is 1. The van der Waals surface area contributed by atoms with Crippen LogP contribution in [0.1, 0.15) is 18.1 Å². The zero-order valence-corrected chi connectivity index (χ0v) is 10.4. The maximum absolute atomic E-state index is 11.5. The van der Waals surface area contributed by atoms with Gasteiger partial charge in [0.2, 0.25) is 0 Å². The Morgan fingerprint density at radius 3 is 2.50 bits per heavy atom. The van der Waals surface area contributed by atoms with Crippen LogP contribution in [0.15, 0.2) is 24.3 Å². The van der Waals surface area contributed by atoms with Gasteiger partial charge in [0.25, 0.3) is 0 Å². The van der Waals surface area contributed by atoms with Gasteiger partial charge in [0.15, 0.2) is 0 Å². The third kappa shape index (κ3) is 3.77. The van der Waals surface area contributed by atoms with Gasteiger partial charge in [-0.2, -0.15) is 0 Å². The number of carbonyl (C=O) groups is 1. The van der Waals surface area contributed by atoms with Gasteiger partial charge in [0, 0.05) is 22.3 Å². The van der Waals surface area contributed by atoms with E-state index < -0.39 is 10.8 Å². The van der Waals surface area contributed by atoms with Gasteiger partial charge in [-0.3, -0.25) is 9.00 Å². The highest BCUT2D eigenvalue weighted by atomic mass is 32.2. The fraction of sp³-hybridized carbons (Fsp3) is 0.417. The highest BCUT2D eigenvalue weighted by molar-refractivity contribution is 7.84. The molecule has 0 radical (unpaired) electrons. The molecule has 0 bridgehead atoms. The third-order valence-electron chi connectivity index (χ3n) is 2.32. The van der Waals surface area contributed by atoms with Crippen LogP contribution < -0.4 is 0 Å². The van der Waals surface area contributed by atoms with E-state index in [0.717, 1.165) is 11.1 Å². The number of carbonyl (C=O) groups excluding carboxylic acids is 1. The molecule has 0 aliphatic carbocycles. The Bertz CT molecular complexity index is 351. The first-order chi connectivity index (χ1) is 7.67. The standard InChI is InChI=1S/C12H16O3S/c1-3-16(14)9-11-7-5-4-6-10(11)8-12(13)15-2/h4-7H,3,8-9H2,1-2H3. The molecule has 16 heavy (non-hydrogen) atoms. The van der Waals surface area contributed by atoms with Crippen LogP contribution in [0.3, 0.4) is 0 Å². The number of hydrogen-bond acceptors (Lipinski definition) is 3. The molecule has 1 unspecified atom stereocenters. The zero-order chi connectivity index (χ0) is 12.0. The molecular formula is C12H16O3S. The van der Waals surface area contributed by atoms with Gasteiger partial charge in [0.05, 0.1) is 13.5 Å². The minimum Gasteiger partial charge on any atom is -0.469 e. The molecule has 1 aromatic carbocycles. The number of ether oxygens (including phenoxy) is 1. The minimum atomic E-state index is -0.857. The van der Waals surface area contributed by atoms with Gasteiger partial charge < -0.3 is 4.74 Å². The summed E-state index contributed by atoms with van der Waals surface area (Å²) in [6, 6.07) is 7.55. The maximum atomic E-state index is 11.5. The first kappa shape index (κ1) is 12.9. The van der Waals surface area contributed by atoms with E-state index in [2.05, 4.69) is 4.74 Å². The monoisotopic (exact) mass is 240 g/mol. The Morgan fingerprint density at radius 1 is 1.31 bits per heavy atom. The lowest BCUT2D eigenvalue weighted by atomic mass is 10.1. The number of esters is 1. The summed E-state index contributed by atoms with van der Waals surface area (Å²) in [6.45, 7) is 1.89. The Morgan fingerprint density at radius 2 is 1.94 bits per heavy atom. The van der Waals surface area contributed by atoms with Gasteiger partial charge in [0.1, 0.15) is 0 Å². The third-order valence-corrected chi connectivity index (χ3v) is 3.60. The smallest absolute Gasteiger partial charge is 0.309 e. The van der Waals surface area contributed by atoms with E-state index in [1.807, 2.05) is 31.2 Å². The molecule has 0 aliphatic heterocycles. The lowest BCUT2D eigenvalue weighted by Gasteiger charge is -2.07. The normalized spacial score (nSPS) is 12.1. The first-order valence-electron chi connectivity index (χ1n) is 5.16. The second-order valence-corrected chi connectivity index (χ2v) is 5.14. The Labute approximate surface area is 98.3 Å². The van der Waals surface area contributed by atoms with Crippen LogP contribution in [0.2, 0.25) is 0 Å². The van der Waals surface area contributed by atoms with E-state index in [1.165, 1.54) is 7.11 Å². The number of hydrogen-bond donors (Lipinski definition) is 0. The molecule has 1 aromatic rings. The minimum absolute atomic E-state index is 0.244. The molecular weight excluding hydrogens is 224 g/mol. The first-order valence-corrected chi connectivity index (χ1v) is 6.64. The number of methoxy groups -OCH3 is 1. The van der Waals surface area contributed by atoms with Crippen molar-refractivity contribution in [1.29, 1.82) is 0 Å². The largest absolute Gasteiger partial charge is 0.469 e. The molecule has 4 heteroatoms. The zero-order valence-electron chi connectivity index (χ0n) is 9.56. The molecule has 0 amide bonds. The van der Waals surface area contributed by atoms with E-state index in [4.69, 9.17) is 0 Å². The molecule has 0 aliphatic rings. The fourth-order valence-electron chi connectivity index (χ4n) is 1.37. The average Bonchev–Trinajstić information content (AvgIpc) is 2.31. The van der Waals surface area contributed by atoms with Crippen molar-refractivity contribution in [2.24, 2.45) is 0 Å². The van der Waals surface area contributed by atoms with E-state index in [0.29, 0.717) is 11.5 Å². The summed E-state index contributed by atoms with van der Waals surface area (Å²) >= 11 is 0. The van der Waals surface area contributed by atoms with Crippen molar-refractivity contribution in [3.63, 3.8) is 0 Å². The van der Waals surface area contributed by atoms with Gasteiger partial charge in [-0.25, -0.2) is 0 Å². The number of rotatable bonds is 5. The van der Waals surface area contributed by atoms with E-state index in [1.54, 1.807) is 0 Å². The van der Waals surface area contributed by atoms with Gasteiger partial charge in [-0.05, 0) is 11.1 Å². The van der Waals surface area contributed by atoms with E-state index in [9.17, 15) is 9.00 Å². The average molecular weight is 240 g/mol. The quantitative estimate of drug-likeness (QED) is 0.735. The Balaban J connectivity index is 2.83. The molecule has 1 atom stereocenters. The summed E-state index contributed by atoms with van der Waals surface area (Å²) in [6.07, 6.45) is 0.244. The lowest BCUT2D eigenvalue weighted by molar-refractivity contribution is -0.139. The molecule has 0 fully saturated rings. The molecule has 0 aromatic heterocycles. The van der Waals surface area contributed by atoms with Crippen molar-refractivity contribution in [2.45, 2.75) is 19.1 Å². The van der Waals surface area contributed by atoms with Crippen LogP contribution >= 0.6 is 0 Å². The van der Waals surface area contributed by atoms with Crippen LogP contribution in [-0.2, 0) is 32.5 Å². The fourth-order valence-corrected chi connectivity index (χ4v) is 2.21. The van der Waals surface area contributed by atoms with Crippen molar-refractivity contribution < 1.29 is 13.7 Å². The second kappa shape index (κ2) is 6.43. The van der Waals surface area contributed by atoms with E-state index in [-0.39, 0.29) is 12.4 Å². The summed E-state index contributed by atoms with van der Waals surface area (Å²) in [5.74, 6) is 0.866. The molecule has 0 spiro atoms. The Hall–Kier alpha value is -1.16. The van der Waals surface area contributed by atoms with E-state index >= 15 is 0 Å².